The zero-order valence-corrected chi connectivity index (χ0v) is 16.0. The van der Waals surface area contributed by atoms with Gasteiger partial charge in [-0.3, -0.25) is 14.8 Å². The van der Waals surface area contributed by atoms with E-state index in [2.05, 4.69) is 15.1 Å². The molecule has 1 unspecified atom stereocenters. The van der Waals surface area contributed by atoms with Crippen LogP contribution in [0.2, 0.25) is 5.02 Å². The summed E-state index contributed by atoms with van der Waals surface area (Å²) in [5.41, 5.74) is 4.17. The highest BCUT2D eigenvalue weighted by molar-refractivity contribution is 6.31. The molecule has 0 aliphatic carbocycles. The van der Waals surface area contributed by atoms with Crippen molar-refractivity contribution in [2.45, 2.75) is 12.5 Å². The molecule has 0 saturated carbocycles. The summed E-state index contributed by atoms with van der Waals surface area (Å²) >= 11 is 6.16. The van der Waals surface area contributed by atoms with Crippen LogP contribution in [-0.2, 0) is 0 Å². The number of fused-ring (bicyclic) bond motifs is 1. The van der Waals surface area contributed by atoms with Gasteiger partial charge in [0.1, 0.15) is 0 Å². The van der Waals surface area contributed by atoms with Crippen molar-refractivity contribution in [2.75, 3.05) is 0 Å². The van der Waals surface area contributed by atoms with Crippen molar-refractivity contribution in [3.63, 3.8) is 0 Å². The van der Waals surface area contributed by atoms with Gasteiger partial charge in [-0.2, -0.15) is 5.10 Å². The summed E-state index contributed by atoms with van der Waals surface area (Å²) in [6.45, 7) is 0. The summed E-state index contributed by atoms with van der Waals surface area (Å²) in [5.74, 6) is -0.0528. The number of halogens is 1. The Balaban J connectivity index is 1.57. The van der Waals surface area contributed by atoms with Crippen molar-refractivity contribution in [3.05, 3.63) is 95.2 Å². The highest BCUT2D eigenvalue weighted by Gasteiger charge is 2.35. The minimum atomic E-state index is -0.295. The molecule has 142 valence electrons. The van der Waals surface area contributed by atoms with E-state index in [1.54, 1.807) is 24.5 Å². The first-order valence-corrected chi connectivity index (χ1v) is 9.48. The van der Waals surface area contributed by atoms with Crippen LogP contribution in [0.5, 0.6) is 0 Å². The first-order chi connectivity index (χ1) is 14.2. The quantitative estimate of drug-likeness (QED) is 0.490. The Hall–Kier alpha value is -3.51. The van der Waals surface area contributed by atoms with E-state index < -0.39 is 0 Å². The van der Waals surface area contributed by atoms with Crippen molar-refractivity contribution >= 4 is 34.3 Å². The number of amides is 1. The fraction of sp³-hybridized carbons (Fsp3) is 0.0909. The van der Waals surface area contributed by atoms with Crippen LogP contribution in [0.3, 0.4) is 0 Å². The van der Waals surface area contributed by atoms with Crippen LogP contribution in [0.15, 0.2) is 82.8 Å². The van der Waals surface area contributed by atoms with Gasteiger partial charge in [0.05, 0.1) is 29.1 Å². The maximum atomic E-state index is 13.1. The number of rotatable bonds is 3. The second-order valence-electron chi connectivity index (χ2n) is 6.71. The van der Waals surface area contributed by atoms with Gasteiger partial charge in [0.2, 0.25) is 0 Å². The number of hydrogen-bond acceptors (Lipinski definition) is 5. The van der Waals surface area contributed by atoms with Crippen LogP contribution in [0.4, 0.5) is 0 Å². The molecule has 6 nitrogen and oxygen atoms in total. The smallest absolute Gasteiger partial charge is 0.310 e. The lowest BCUT2D eigenvalue weighted by Crippen LogP contribution is -2.26. The number of carbonyl (C=O) groups is 1. The van der Waals surface area contributed by atoms with E-state index in [0.29, 0.717) is 11.4 Å². The van der Waals surface area contributed by atoms with Gasteiger partial charge in [0.15, 0.2) is 5.76 Å². The average Bonchev–Trinajstić information content (AvgIpc) is 3.43. The molecule has 0 N–H and O–H groups in total. The molecule has 29 heavy (non-hydrogen) atoms. The lowest BCUT2D eigenvalue weighted by molar-refractivity contribution is 0.0678. The lowest BCUT2D eigenvalue weighted by atomic mass is 9.98. The standard InChI is InChI=1S/C22H15ClN4O2/c23-16-4-1-3-14(11-16)18-13-20(27(26-18)22(28)21-5-2-10-29-21)15-6-7-17-19(12-15)25-9-8-24-17/h1-12,20H,13H2. The van der Waals surface area contributed by atoms with Crippen molar-refractivity contribution in [1.82, 2.24) is 15.0 Å². The molecule has 5 rings (SSSR count). The lowest BCUT2D eigenvalue weighted by Gasteiger charge is -2.21. The molecule has 2 aromatic heterocycles. The zero-order valence-electron chi connectivity index (χ0n) is 15.2. The number of nitrogens with zero attached hydrogens (tertiary/aromatic N) is 4. The highest BCUT2D eigenvalue weighted by atomic mass is 35.5. The minimum absolute atomic E-state index is 0.242. The van der Waals surface area contributed by atoms with Gasteiger partial charge in [0.25, 0.3) is 0 Å². The fourth-order valence-electron chi connectivity index (χ4n) is 3.50. The fourth-order valence-corrected chi connectivity index (χ4v) is 3.69. The van der Waals surface area contributed by atoms with Crippen LogP contribution in [0.1, 0.15) is 34.1 Å². The van der Waals surface area contributed by atoms with E-state index in [4.69, 9.17) is 16.0 Å². The van der Waals surface area contributed by atoms with E-state index in [1.807, 2.05) is 42.5 Å². The number of hydrogen-bond donors (Lipinski definition) is 0. The van der Waals surface area contributed by atoms with Gasteiger partial charge in [-0.15, -0.1) is 0 Å². The van der Waals surface area contributed by atoms with Crippen molar-refractivity contribution in [2.24, 2.45) is 5.10 Å². The number of carbonyl (C=O) groups excluding carboxylic acids is 1. The molecule has 1 aliphatic heterocycles. The molecule has 1 amide bonds. The summed E-state index contributed by atoms with van der Waals surface area (Å²) in [6, 6.07) is 16.3. The number of aromatic nitrogens is 2. The average molecular weight is 403 g/mol. The minimum Gasteiger partial charge on any atom is -0.459 e. The molecule has 0 radical (unpaired) electrons. The molecule has 0 bridgehead atoms. The zero-order chi connectivity index (χ0) is 19.8. The van der Waals surface area contributed by atoms with Crippen molar-refractivity contribution in [1.29, 1.82) is 0 Å². The second-order valence-corrected chi connectivity index (χ2v) is 7.14. The van der Waals surface area contributed by atoms with Crippen molar-refractivity contribution in [3.8, 4) is 0 Å². The Morgan fingerprint density at radius 1 is 1.03 bits per heavy atom. The highest BCUT2D eigenvalue weighted by Crippen LogP contribution is 2.35. The van der Waals surface area contributed by atoms with E-state index in [0.717, 1.165) is 27.9 Å². The van der Waals surface area contributed by atoms with Crippen LogP contribution >= 0.6 is 11.6 Å². The molecule has 0 fully saturated rings. The predicted octanol–water partition coefficient (Wildman–Crippen LogP) is 4.87. The molecule has 3 heterocycles. The second kappa shape index (κ2) is 7.14. The van der Waals surface area contributed by atoms with Crippen LogP contribution in [-0.4, -0.2) is 26.6 Å². The van der Waals surface area contributed by atoms with Gasteiger partial charge in [-0.05, 0) is 47.5 Å². The Labute approximate surface area is 171 Å². The van der Waals surface area contributed by atoms with Crippen molar-refractivity contribution < 1.29 is 9.21 Å². The molecule has 7 heteroatoms. The van der Waals surface area contributed by atoms with Gasteiger partial charge in [-0.25, -0.2) is 5.01 Å². The first kappa shape index (κ1) is 17.6. The van der Waals surface area contributed by atoms with Gasteiger partial charge >= 0.3 is 5.91 Å². The number of hydrazone groups is 1. The molecular weight excluding hydrogens is 388 g/mol. The first-order valence-electron chi connectivity index (χ1n) is 9.10. The molecule has 1 aliphatic rings. The Kier molecular flexibility index (Phi) is 4.33. The molecule has 2 aromatic carbocycles. The Bertz CT molecular complexity index is 1240. The Morgan fingerprint density at radius 2 is 1.90 bits per heavy atom. The topological polar surface area (TPSA) is 71.6 Å². The largest absolute Gasteiger partial charge is 0.459 e. The molecule has 4 aromatic rings. The van der Waals surface area contributed by atoms with Gasteiger partial charge in [0, 0.05) is 23.8 Å². The number of furan rings is 1. The monoisotopic (exact) mass is 402 g/mol. The summed E-state index contributed by atoms with van der Waals surface area (Å²) in [4.78, 5) is 21.8. The third-order valence-corrected chi connectivity index (χ3v) is 5.12. The maximum absolute atomic E-state index is 13.1. The third-order valence-electron chi connectivity index (χ3n) is 4.89. The van der Waals surface area contributed by atoms with Crippen LogP contribution < -0.4 is 0 Å². The normalized spacial score (nSPS) is 16.2. The summed E-state index contributed by atoms with van der Waals surface area (Å²) in [7, 11) is 0. The summed E-state index contributed by atoms with van der Waals surface area (Å²) in [5, 5.41) is 6.74. The molecular formula is C22H15ClN4O2. The molecule has 0 spiro atoms. The Morgan fingerprint density at radius 3 is 2.69 bits per heavy atom. The van der Waals surface area contributed by atoms with Crippen LogP contribution in [0.25, 0.3) is 11.0 Å². The van der Waals surface area contributed by atoms with E-state index >= 15 is 0 Å². The van der Waals surface area contributed by atoms with E-state index in [-0.39, 0.29) is 17.7 Å². The summed E-state index contributed by atoms with van der Waals surface area (Å²) in [6.07, 6.45) is 5.34. The van der Waals surface area contributed by atoms with E-state index in [9.17, 15) is 4.79 Å². The maximum Gasteiger partial charge on any atom is 0.310 e. The van der Waals surface area contributed by atoms with Crippen LogP contribution in [0, 0.1) is 0 Å². The summed E-state index contributed by atoms with van der Waals surface area (Å²) < 4.78 is 5.32. The third kappa shape index (κ3) is 3.28. The molecule has 0 saturated heterocycles. The van der Waals surface area contributed by atoms with Gasteiger partial charge in [-0.1, -0.05) is 29.8 Å². The SMILES string of the molecule is O=C(c1ccco1)N1N=C(c2cccc(Cl)c2)CC1c1ccc2nccnc2c1. The number of benzene rings is 2. The molecule has 1 atom stereocenters. The van der Waals surface area contributed by atoms with E-state index in [1.165, 1.54) is 11.3 Å². The van der Waals surface area contributed by atoms with Gasteiger partial charge < -0.3 is 4.42 Å². The predicted molar refractivity (Wildman–Crippen MR) is 110 cm³/mol.